The number of hydrogen-bond acceptors (Lipinski definition) is 5. The highest BCUT2D eigenvalue weighted by atomic mass is 16.2. The van der Waals surface area contributed by atoms with Crippen LogP contribution in [0.4, 0.5) is 11.5 Å². The predicted octanol–water partition coefficient (Wildman–Crippen LogP) is 2.96. The highest BCUT2D eigenvalue weighted by Crippen LogP contribution is 2.19. The molecule has 1 fully saturated rings. The minimum atomic E-state index is -0.0626. The summed E-state index contributed by atoms with van der Waals surface area (Å²) >= 11 is 0. The first-order chi connectivity index (χ1) is 11.7. The third-order valence-electron chi connectivity index (χ3n) is 4.22. The van der Waals surface area contributed by atoms with E-state index < -0.39 is 0 Å². The third kappa shape index (κ3) is 3.69. The quantitative estimate of drug-likeness (QED) is 0.940. The number of amides is 1. The molecule has 0 bridgehead atoms. The van der Waals surface area contributed by atoms with Gasteiger partial charge in [-0.05, 0) is 49.1 Å². The average molecular weight is 321 g/mol. The minimum Gasteiger partial charge on any atom is -0.339 e. The zero-order valence-corrected chi connectivity index (χ0v) is 13.6. The van der Waals surface area contributed by atoms with Gasteiger partial charge in [-0.1, -0.05) is 13.0 Å². The van der Waals surface area contributed by atoms with Gasteiger partial charge in [0.15, 0.2) is 11.5 Å². The summed E-state index contributed by atoms with van der Waals surface area (Å²) in [4.78, 5) is 14.3. The van der Waals surface area contributed by atoms with Crippen LogP contribution in [0.25, 0.3) is 0 Å². The lowest BCUT2D eigenvalue weighted by Crippen LogP contribution is -2.38. The highest BCUT2D eigenvalue weighted by Gasteiger charge is 2.22. The van der Waals surface area contributed by atoms with Crippen molar-refractivity contribution < 1.29 is 4.79 Å². The van der Waals surface area contributed by atoms with Crippen molar-refractivity contribution in [3.63, 3.8) is 0 Å². The third-order valence-corrected chi connectivity index (χ3v) is 4.22. The first kappa shape index (κ1) is 15.9. The van der Waals surface area contributed by atoms with Crippen molar-refractivity contribution in [2.45, 2.75) is 19.8 Å². The summed E-state index contributed by atoms with van der Waals surface area (Å²) in [5, 5.41) is 20.1. The summed E-state index contributed by atoms with van der Waals surface area (Å²) in [7, 11) is 0. The van der Waals surface area contributed by atoms with Gasteiger partial charge in [-0.3, -0.25) is 4.79 Å². The molecule has 1 N–H and O–H groups in total. The van der Waals surface area contributed by atoms with Crippen LogP contribution in [0, 0.1) is 17.2 Å². The van der Waals surface area contributed by atoms with Gasteiger partial charge in [0, 0.05) is 18.8 Å². The molecule has 2 aromatic rings. The maximum absolute atomic E-state index is 12.4. The van der Waals surface area contributed by atoms with Crippen LogP contribution in [0.5, 0.6) is 0 Å². The van der Waals surface area contributed by atoms with E-state index in [-0.39, 0.29) is 5.91 Å². The number of nitrogens with one attached hydrogen (secondary N) is 1. The van der Waals surface area contributed by atoms with Gasteiger partial charge in [0.2, 0.25) is 0 Å². The van der Waals surface area contributed by atoms with Gasteiger partial charge in [-0.2, -0.15) is 5.26 Å². The predicted molar refractivity (Wildman–Crippen MR) is 90.8 cm³/mol. The van der Waals surface area contributed by atoms with Crippen LogP contribution < -0.4 is 5.32 Å². The summed E-state index contributed by atoms with van der Waals surface area (Å²) in [5.41, 5.74) is 1.69. The molecular formula is C18H19N5O. The zero-order chi connectivity index (χ0) is 16.9. The first-order valence-corrected chi connectivity index (χ1v) is 8.06. The molecule has 2 heterocycles. The largest absolute Gasteiger partial charge is 0.339 e. The molecule has 24 heavy (non-hydrogen) atoms. The molecule has 0 atom stereocenters. The number of anilines is 2. The molecule has 1 aliphatic heterocycles. The molecule has 0 aliphatic carbocycles. The maximum atomic E-state index is 12.4. The number of rotatable bonds is 3. The van der Waals surface area contributed by atoms with E-state index in [9.17, 15) is 4.79 Å². The molecule has 122 valence electrons. The fourth-order valence-electron chi connectivity index (χ4n) is 2.70. The Hall–Kier alpha value is -2.94. The van der Waals surface area contributed by atoms with Crippen molar-refractivity contribution in [2.75, 3.05) is 18.4 Å². The Labute approximate surface area is 141 Å². The van der Waals surface area contributed by atoms with Crippen LogP contribution in [0.3, 0.4) is 0 Å². The van der Waals surface area contributed by atoms with Crippen molar-refractivity contribution in [2.24, 2.45) is 5.92 Å². The molecular weight excluding hydrogens is 302 g/mol. The number of carbonyl (C=O) groups is 1. The monoisotopic (exact) mass is 321 g/mol. The number of nitriles is 1. The second-order valence-corrected chi connectivity index (χ2v) is 6.10. The lowest BCUT2D eigenvalue weighted by atomic mass is 9.99. The number of carbonyl (C=O) groups excluding carboxylic acids is 1. The number of likely N-dealkylation sites (tertiary alicyclic amines) is 1. The molecule has 1 saturated heterocycles. The Morgan fingerprint density at radius 3 is 2.71 bits per heavy atom. The van der Waals surface area contributed by atoms with Gasteiger partial charge in [0.1, 0.15) is 0 Å². The van der Waals surface area contributed by atoms with Crippen LogP contribution >= 0.6 is 0 Å². The maximum Gasteiger partial charge on any atom is 0.274 e. The number of hydrogen-bond donors (Lipinski definition) is 1. The summed E-state index contributed by atoms with van der Waals surface area (Å²) in [6, 6.07) is 12.6. The van der Waals surface area contributed by atoms with E-state index in [2.05, 4.69) is 28.5 Å². The Morgan fingerprint density at radius 2 is 2.04 bits per heavy atom. The molecule has 1 aliphatic rings. The average Bonchev–Trinajstić information content (AvgIpc) is 2.62. The van der Waals surface area contributed by atoms with Gasteiger partial charge in [0.25, 0.3) is 5.91 Å². The second kappa shape index (κ2) is 7.09. The SMILES string of the molecule is CC1CCN(C(=O)c2ccc(Nc3cccc(C#N)c3)nn2)CC1. The Kier molecular flexibility index (Phi) is 4.71. The topological polar surface area (TPSA) is 81.9 Å². The first-order valence-electron chi connectivity index (χ1n) is 8.06. The summed E-state index contributed by atoms with van der Waals surface area (Å²) in [5.74, 6) is 1.15. The Bertz CT molecular complexity index is 758. The summed E-state index contributed by atoms with van der Waals surface area (Å²) in [6.45, 7) is 3.77. The lowest BCUT2D eigenvalue weighted by molar-refractivity contribution is 0.0690. The molecule has 0 radical (unpaired) electrons. The van der Waals surface area contributed by atoms with Crippen molar-refractivity contribution in [1.82, 2.24) is 15.1 Å². The van der Waals surface area contributed by atoms with Crippen LogP contribution in [0.1, 0.15) is 35.8 Å². The zero-order valence-electron chi connectivity index (χ0n) is 13.6. The van der Waals surface area contributed by atoms with Crippen molar-refractivity contribution in [3.05, 3.63) is 47.7 Å². The van der Waals surface area contributed by atoms with Crippen molar-refractivity contribution in [3.8, 4) is 6.07 Å². The number of benzene rings is 1. The lowest BCUT2D eigenvalue weighted by Gasteiger charge is -2.29. The smallest absolute Gasteiger partial charge is 0.274 e. The molecule has 1 aromatic carbocycles. The minimum absolute atomic E-state index is 0.0626. The number of piperidine rings is 1. The van der Waals surface area contributed by atoms with E-state index in [1.807, 2.05) is 11.0 Å². The van der Waals surface area contributed by atoms with Gasteiger partial charge >= 0.3 is 0 Å². The fraction of sp³-hybridized carbons (Fsp3) is 0.333. The highest BCUT2D eigenvalue weighted by molar-refractivity contribution is 5.92. The van der Waals surface area contributed by atoms with Crippen molar-refractivity contribution in [1.29, 1.82) is 5.26 Å². The van der Waals surface area contributed by atoms with E-state index in [1.165, 1.54) is 0 Å². The summed E-state index contributed by atoms with van der Waals surface area (Å²) < 4.78 is 0. The van der Waals surface area contributed by atoms with Gasteiger partial charge in [-0.25, -0.2) is 0 Å². The molecule has 6 nitrogen and oxygen atoms in total. The van der Waals surface area contributed by atoms with Crippen LogP contribution in [-0.2, 0) is 0 Å². The second-order valence-electron chi connectivity index (χ2n) is 6.10. The Morgan fingerprint density at radius 1 is 1.25 bits per heavy atom. The van der Waals surface area contributed by atoms with E-state index in [0.29, 0.717) is 23.0 Å². The normalized spacial score (nSPS) is 14.9. The van der Waals surface area contributed by atoms with E-state index in [4.69, 9.17) is 5.26 Å². The van der Waals surface area contributed by atoms with E-state index in [1.54, 1.807) is 30.3 Å². The van der Waals surface area contributed by atoms with Gasteiger partial charge < -0.3 is 10.2 Å². The van der Waals surface area contributed by atoms with Gasteiger partial charge in [-0.15, -0.1) is 10.2 Å². The fourth-order valence-corrected chi connectivity index (χ4v) is 2.70. The van der Waals surface area contributed by atoms with E-state index >= 15 is 0 Å². The standard InChI is InChI=1S/C18H19N5O/c1-13-7-9-23(10-8-13)18(24)16-5-6-17(22-21-16)20-15-4-2-3-14(11-15)12-19/h2-6,11,13H,7-10H2,1H3,(H,20,22). The molecule has 0 saturated carbocycles. The number of nitrogens with zero attached hydrogens (tertiary/aromatic N) is 4. The van der Waals surface area contributed by atoms with E-state index in [0.717, 1.165) is 31.6 Å². The molecule has 0 unspecified atom stereocenters. The molecule has 1 amide bonds. The molecule has 1 aromatic heterocycles. The van der Waals surface area contributed by atoms with Crippen LogP contribution in [0.2, 0.25) is 0 Å². The molecule has 0 spiro atoms. The Balaban J connectivity index is 1.67. The van der Waals surface area contributed by atoms with Crippen molar-refractivity contribution >= 4 is 17.4 Å². The van der Waals surface area contributed by atoms with Gasteiger partial charge in [0.05, 0.1) is 11.6 Å². The van der Waals surface area contributed by atoms with Crippen LogP contribution in [0.15, 0.2) is 36.4 Å². The molecule has 3 rings (SSSR count). The van der Waals surface area contributed by atoms with Crippen LogP contribution in [-0.4, -0.2) is 34.1 Å². The summed E-state index contributed by atoms with van der Waals surface area (Å²) in [6.07, 6.45) is 2.07. The molecule has 6 heteroatoms. The number of aromatic nitrogens is 2.